The van der Waals surface area contributed by atoms with Crippen molar-refractivity contribution in [1.82, 2.24) is 20.3 Å². The van der Waals surface area contributed by atoms with Crippen LogP contribution in [0.25, 0.3) is 11.3 Å². The fourth-order valence-corrected chi connectivity index (χ4v) is 4.50. The van der Waals surface area contributed by atoms with E-state index in [1.165, 1.54) is 5.06 Å². The summed E-state index contributed by atoms with van der Waals surface area (Å²) in [5, 5.41) is 13.6. The second-order valence-corrected chi connectivity index (χ2v) is 11.1. The van der Waals surface area contributed by atoms with E-state index in [-0.39, 0.29) is 63.8 Å². The Hall–Kier alpha value is -4.03. The van der Waals surface area contributed by atoms with Crippen LogP contribution in [-0.2, 0) is 30.3 Å². The zero-order valence-electron chi connectivity index (χ0n) is 25.3. The first-order chi connectivity index (χ1) is 20.5. The van der Waals surface area contributed by atoms with Crippen molar-refractivity contribution in [3.05, 3.63) is 53.7 Å². The lowest BCUT2D eigenvalue weighted by molar-refractivity contribution is -0.158. The Kier molecular flexibility index (Phi) is 12.4. The molecule has 2 aromatic rings. The minimum absolute atomic E-state index is 0.00383. The number of aliphatic hydroxyl groups excluding tert-OH is 1. The third-order valence-corrected chi connectivity index (χ3v) is 6.49. The highest BCUT2D eigenvalue weighted by Gasteiger charge is 2.31. The van der Waals surface area contributed by atoms with Gasteiger partial charge in [0.2, 0.25) is 5.91 Å². The van der Waals surface area contributed by atoms with Crippen molar-refractivity contribution in [3.8, 4) is 11.3 Å². The summed E-state index contributed by atoms with van der Waals surface area (Å²) < 4.78 is 10.2. The lowest BCUT2D eigenvalue weighted by Gasteiger charge is -2.35. The van der Waals surface area contributed by atoms with Crippen LogP contribution in [0.1, 0.15) is 63.0 Å². The molecule has 3 rings (SSSR count). The molecule has 234 valence electrons. The van der Waals surface area contributed by atoms with E-state index in [4.69, 9.17) is 14.3 Å². The van der Waals surface area contributed by atoms with Crippen LogP contribution in [0.5, 0.6) is 0 Å². The van der Waals surface area contributed by atoms with Gasteiger partial charge >= 0.3 is 12.1 Å². The highest BCUT2D eigenvalue weighted by molar-refractivity contribution is 5.97. The third-order valence-electron chi connectivity index (χ3n) is 6.49. The zero-order valence-corrected chi connectivity index (χ0v) is 25.3. The van der Waals surface area contributed by atoms with Crippen molar-refractivity contribution in [2.45, 2.75) is 65.0 Å². The molecule has 0 unspecified atom stereocenters. The number of hydrogen-bond donors (Lipinski definition) is 2. The first-order valence-electron chi connectivity index (χ1n) is 14.6. The molecule has 1 aliphatic rings. The highest BCUT2D eigenvalue weighted by atomic mass is 16.8. The van der Waals surface area contributed by atoms with Crippen LogP contribution in [0.3, 0.4) is 0 Å². The van der Waals surface area contributed by atoms with Crippen molar-refractivity contribution >= 4 is 23.9 Å². The molecule has 1 fully saturated rings. The van der Waals surface area contributed by atoms with Gasteiger partial charge in [-0.1, -0.05) is 30.3 Å². The fourth-order valence-electron chi connectivity index (χ4n) is 4.50. The monoisotopic (exact) mass is 598 g/mol. The molecule has 1 atom stereocenters. The smallest absolute Gasteiger partial charge is 0.460 e. The molecule has 0 aliphatic carbocycles. The maximum Gasteiger partial charge on any atom is 0.527 e. The first kappa shape index (κ1) is 33.5. The molecular weight excluding hydrogens is 556 g/mol. The molecule has 0 spiro atoms. The topological polar surface area (TPSA) is 148 Å². The van der Waals surface area contributed by atoms with Gasteiger partial charge in [0.25, 0.3) is 5.91 Å². The van der Waals surface area contributed by atoms with Crippen LogP contribution in [-0.4, -0.2) is 95.0 Å². The maximum absolute atomic E-state index is 13.7. The number of nitrogens with zero attached hydrogens (tertiary/aromatic N) is 3. The zero-order chi connectivity index (χ0) is 31.4. The second-order valence-electron chi connectivity index (χ2n) is 11.1. The van der Waals surface area contributed by atoms with Crippen LogP contribution in [0.15, 0.2) is 42.5 Å². The molecule has 0 saturated carbocycles. The summed E-state index contributed by atoms with van der Waals surface area (Å²) in [6.45, 7) is 8.12. The van der Waals surface area contributed by atoms with E-state index >= 15 is 0 Å². The number of benzene rings is 1. The van der Waals surface area contributed by atoms with Gasteiger partial charge in [-0.15, -0.1) is 5.06 Å². The Bertz CT molecular complexity index is 1240. The van der Waals surface area contributed by atoms with E-state index in [2.05, 4.69) is 10.3 Å². The fraction of sp³-hybridized carbons (Fsp3) is 0.516. The van der Waals surface area contributed by atoms with E-state index in [0.717, 1.165) is 11.1 Å². The number of nitrogens with one attached hydrogen (secondary N) is 1. The van der Waals surface area contributed by atoms with E-state index in [1.54, 1.807) is 38.7 Å². The van der Waals surface area contributed by atoms with Gasteiger partial charge in [-0.05, 0) is 64.7 Å². The molecule has 43 heavy (non-hydrogen) atoms. The minimum atomic E-state index is -1.03. The van der Waals surface area contributed by atoms with Gasteiger partial charge in [-0.25, -0.2) is 9.78 Å². The third kappa shape index (κ3) is 11.0. The molecule has 1 aromatic carbocycles. The van der Waals surface area contributed by atoms with E-state index in [1.807, 2.05) is 36.4 Å². The molecule has 2 amide bonds. The van der Waals surface area contributed by atoms with E-state index < -0.39 is 29.7 Å². The Labute approximate surface area is 252 Å². The average molecular weight is 599 g/mol. The van der Waals surface area contributed by atoms with Crippen LogP contribution >= 0.6 is 0 Å². The highest BCUT2D eigenvalue weighted by Crippen LogP contribution is 2.21. The molecule has 1 aliphatic heterocycles. The molecule has 0 radical (unpaired) electrons. The lowest BCUT2D eigenvalue weighted by Crippen LogP contribution is -2.55. The minimum Gasteiger partial charge on any atom is -0.460 e. The van der Waals surface area contributed by atoms with Gasteiger partial charge in [0.15, 0.2) is 0 Å². The Morgan fingerprint density at radius 1 is 1.05 bits per heavy atom. The Balaban J connectivity index is 1.79. The number of aromatic nitrogens is 1. The van der Waals surface area contributed by atoms with Crippen molar-refractivity contribution < 1.29 is 38.6 Å². The summed E-state index contributed by atoms with van der Waals surface area (Å²) in [5.74, 6) is -1.41. The average Bonchev–Trinajstić information content (AvgIpc) is 2.97. The van der Waals surface area contributed by atoms with Gasteiger partial charge in [-0.3, -0.25) is 14.4 Å². The van der Waals surface area contributed by atoms with E-state index in [9.17, 15) is 24.3 Å². The van der Waals surface area contributed by atoms with Gasteiger partial charge in [0.1, 0.15) is 17.3 Å². The summed E-state index contributed by atoms with van der Waals surface area (Å²) in [5.41, 5.74) is 1.67. The number of hydroxylamine groups is 2. The predicted molar refractivity (Wildman–Crippen MR) is 158 cm³/mol. The number of ether oxygens (including phenoxy) is 2. The molecule has 1 saturated heterocycles. The molecular formula is C31H42N4O8. The molecule has 0 bridgehead atoms. The van der Waals surface area contributed by atoms with E-state index in [0.29, 0.717) is 18.5 Å². The number of piperazine rings is 1. The first-order valence-corrected chi connectivity index (χ1v) is 14.6. The Morgan fingerprint density at radius 2 is 1.74 bits per heavy atom. The quantitative estimate of drug-likeness (QED) is 0.349. The molecule has 2 N–H and O–H groups in total. The summed E-state index contributed by atoms with van der Waals surface area (Å²) in [7, 11) is 0. The Morgan fingerprint density at radius 3 is 2.37 bits per heavy atom. The molecule has 12 nitrogen and oxygen atoms in total. The standard InChI is InChI=1S/C31H42N4O8/c1-5-41-30(40)43-35-17-15-34(16-18-35)29(39)24(13-14-27(37)42-31(2,3)4)33-28(38)26-21-22(10-9-19-36)20-25(32-26)23-11-7-6-8-12-23/h6-8,11-12,20-21,24,36H,5,9-10,13-19H2,1-4H3,(H,33,38)/t24-/m0/s1. The lowest BCUT2D eigenvalue weighted by atomic mass is 10.0. The van der Waals surface area contributed by atoms with Gasteiger partial charge in [-0.2, -0.15) is 0 Å². The van der Waals surface area contributed by atoms with Crippen molar-refractivity contribution in [1.29, 1.82) is 0 Å². The molecule has 12 heteroatoms. The molecule has 1 aromatic heterocycles. The number of hydrogen-bond acceptors (Lipinski definition) is 10. The SMILES string of the molecule is CCOC(=O)ON1CCN(C(=O)[C@H](CCC(=O)OC(C)(C)C)NC(=O)c2cc(CCCO)cc(-c3ccccc3)n2)CC1. The summed E-state index contributed by atoms with van der Waals surface area (Å²) in [6, 6.07) is 11.9. The number of amides is 2. The number of carbonyl (C=O) groups is 4. The van der Waals surface area contributed by atoms with Crippen molar-refractivity contribution in [3.63, 3.8) is 0 Å². The van der Waals surface area contributed by atoms with Crippen LogP contribution in [0.2, 0.25) is 0 Å². The van der Waals surface area contributed by atoms with Gasteiger partial charge in [0, 0.05) is 31.7 Å². The van der Waals surface area contributed by atoms with Gasteiger partial charge < -0.3 is 29.6 Å². The predicted octanol–water partition coefficient (Wildman–Crippen LogP) is 3.13. The number of aryl methyl sites for hydroxylation is 1. The van der Waals surface area contributed by atoms with Crippen LogP contribution < -0.4 is 5.32 Å². The summed E-state index contributed by atoms with van der Waals surface area (Å²) in [4.78, 5) is 62.7. The number of pyridine rings is 1. The van der Waals surface area contributed by atoms with Gasteiger partial charge in [0.05, 0.1) is 25.4 Å². The summed E-state index contributed by atoms with van der Waals surface area (Å²) >= 11 is 0. The number of rotatable bonds is 12. The summed E-state index contributed by atoms with van der Waals surface area (Å²) in [6.07, 6.45) is 0.183. The number of esters is 1. The largest absolute Gasteiger partial charge is 0.527 e. The van der Waals surface area contributed by atoms with Crippen LogP contribution in [0.4, 0.5) is 4.79 Å². The number of carbonyl (C=O) groups excluding carboxylic acids is 4. The maximum atomic E-state index is 13.7. The second kappa shape index (κ2) is 16.0. The normalized spacial score (nSPS) is 14.5. The van der Waals surface area contributed by atoms with Crippen molar-refractivity contribution in [2.24, 2.45) is 0 Å². The van der Waals surface area contributed by atoms with Crippen LogP contribution in [0, 0.1) is 0 Å². The molecule has 2 heterocycles. The number of aliphatic hydroxyl groups is 1. The van der Waals surface area contributed by atoms with Crippen molar-refractivity contribution in [2.75, 3.05) is 39.4 Å².